The topological polar surface area (TPSA) is 43.1 Å². The first kappa shape index (κ1) is 12.7. The van der Waals surface area contributed by atoms with E-state index in [1.54, 1.807) is 0 Å². The van der Waals surface area contributed by atoms with E-state index in [4.69, 9.17) is 4.98 Å². The average Bonchev–Trinajstić information content (AvgIpc) is 3.00. The van der Waals surface area contributed by atoms with Crippen LogP contribution in [0.5, 0.6) is 0 Å². The Labute approximate surface area is 124 Å². The Balaban J connectivity index is 1.98. The molecular weight excluding hydrogens is 260 g/mol. The number of hydrogen-bond acceptors (Lipinski definition) is 3. The van der Waals surface area contributed by atoms with Crippen LogP contribution in [0.25, 0.3) is 16.6 Å². The van der Waals surface area contributed by atoms with E-state index in [1.807, 2.05) is 12.1 Å². The van der Waals surface area contributed by atoms with Crippen molar-refractivity contribution in [1.82, 2.24) is 19.6 Å². The maximum absolute atomic E-state index is 4.83. The van der Waals surface area contributed by atoms with Crippen molar-refractivity contribution in [1.29, 1.82) is 0 Å². The van der Waals surface area contributed by atoms with Crippen LogP contribution in [0.15, 0.2) is 24.3 Å². The highest BCUT2D eigenvalue weighted by molar-refractivity contribution is 5.91. The number of hydrogen-bond donors (Lipinski definition) is 0. The Hall–Kier alpha value is -1.97. The second kappa shape index (κ2) is 5.10. The molecule has 0 N–H and O–H groups in total. The summed E-state index contributed by atoms with van der Waals surface area (Å²) in [5.74, 6) is 2.75. The lowest BCUT2D eigenvalue weighted by molar-refractivity contribution is 0.425. The minimum absolute atomic E-state index is 0.544. The fourth-order valence-corrected chi connectivity index (χ4v) is 3.54. The number of aryl methyl sites for hydroxylation is 1. The minimum atomic E-state index is 0.544. The Morgan fingerprint density at radius 3 is 2.71 bits per heavy atom. The summed E-state index contributed by atoms with van der Waals surface area (Å²) in [6.45, 7) is 2.15. The molecule has 1 fully saturated rings. The van der Waals surface area contributed by atoms with E-state index < -0.39 is 0 Å². The molecule has 1 saturated carbocycles. The number of aromatic nitrogens is 4. The number of rotatable bonds is 2. The number of fused-ring (bicyclic) bond motifs is 3. The van der Waals surface area contributed by atoms with Gasteiger partial charge in [0.05, 0.1) is 5.52 Å². The normalized spacial score (nSPS) is 16.8. The summed E-state index contributed by atoms with van der Waals surface area (Å²) in [6.07, 6.45) is 7.34. The molecule has 1 aliphatic carbocycles. The summed E-state index contributed by atoms with van der Waals surface area (Å²) in [5.41, 5.74) is 1.99. The Kier molecular flexibility index (Phi) is 3.09. The molecule has 0 bridgehead atoms. The lowest BCUT2D eigenvalue weighted by Gasteiger charge is -2.20. The largest absolute Gasteiger partial charge is 0.266 e. The zero-order valence-electron chi connectivity index (χ0n) is 12.4. The van der Waals surface area contributed by atoms with Crippen molar-refractivity contribution in [3.05, 3.63) is 35.9 Å². The van der Waals surface area contributed by atoms with E-state index in [9.17, 15) is 0 Å². The van der Waals surface area contributed by atoms with E-state index in [2.05, 4.69) is 33.7 Å². The zero-order chi connectivity index (χ0) is 14.2. The Morgan fingerprint density at radius 1 is 1.10 bits per heavy atom. The van der Waals surface area contributed by atoms with Gasteiger partial charge in [-0.1, -0.05) is 38.3 Å². The van der Waals surface area contributed by atoms with Crippen LogP contribution in [0.3, 0.4) is 0 Å². The average molecular weight is 280 g/mol. The Bertz CT molecular complexity index is 784. The van der Waals surface area contributed by atoms with Crippen molar-refractivity contribution in [2.24, 2.45) is 0 Å². The standard InChI is InChI=1S/C17H20N4/c1-2-15-18-14-11-7-6-10-13(14)17-20-19-16(21(15)17)12-8-4-3-5-9-12/h6-7,10-12H,2-5,8-9H2,1H3. The predicted molar refractivity (Wildman–Crippen MR) is 83.5 cm³/mol. The van der Waals surface area contributed by atoms with Gasteiger partial charge in [-0.05, 0) is 25.0 Å². The molecule has 2 heterocycles. The maximum Gasteiger partial charge on any atom is 0.171 e. The van der Waals surface area contributed by atoms with E-state index in [-0.39, 0.29) is 0 Å². The highest BCUT2D eigenvalue weighted by Gasteiger charge is 2.23. The van der Waals surface area contributed by atoms with Crippen molar-refractivity contribution in [2.45, 2.75) is 51.4 Å². The van der Waals surface area contributed by atoms with E-state index in [1.165, 1.54) is 32.1 Å². The van der Waals surface area contributed by atoms with Crippen LogP contribution in [0, 0.1) is 0 Å². The molecule has 1 aliphatic rings. The van der Waals surface area contributed by atoms with Gasteiger partial charge in [-0.15, -0.1) is 10.2 Å². The first-order valence-electron chi connectivity index (χ1n) is 8.01. The van der Waals surface area contributed by atoms with Crippen molar-refractivity contribution in [3.63, 3.8) is 0 Å². The monoisotopic (exact) mass is 280 g/mol. The third-order valence-corrected chi connectivity index (χ3v) is 4.63. The molecule has 4 heteroatoms. The first-order chi connectivity index (χ1) is 10.4. The van der Waals surface area contributed by atoms with Gasteiger partial charge >= 0.3 is 0 Å². The molecular formula is C17H20N4. The van der Waals surface area contributed by atoms with Crippen LogP contribution in [0.4, 0.5) is 0 Å². The van der Waals surface area contributed by atoms with Crippen LogP contribution in [0.1, 0.15) is 56.6 Å². The first-order valence-corrected chi connectivity index (χ1v) is 8.01. The van der Waals surface area contributed by atoms with Crippen LogP contribution in [-0.4, -0.2) is 19.6 Å². The summed E-state index contributed by atoms with van der Waals surface area (Å²) in [7, 11) is 0. The number of para-hydroxylation sites is 1. The SMILES string of the molecule is CCc1nc2ccccc2c2nnc(C3CCCCC3)n12. The van der Waals surface area contributed by atoms with Gasteiger partial charge in [-0.3, -0.25) is 4.40 Å². The maximum atomic E-state index is 4.83. The summed E-state index contributed by atoms with van der Waals surface area (Å²) in [6, 6.07) is 8.23. The van der Waals surface area contributed by atoms with Crippen LogP contribution in [-0.2, 0) is 6.42 Å². The third-order valence-electron chi connectivity index (χ3n) is 4.63. The van der Waals surface area contributed by atoms with Gasteiger partial charge < -0.3 is 0 Å². The van der Waals surface area contributed by atoms with E-state index >= 15 is 0 Å². The van der Waals surface area contributed by atoms with Gasteiger partial charge in [0.1, 0.15) is 11.6 Å². The molecule has 4 rings (SSSR count). The van der Waals surface area contributed by atoms with Gasteiger partial charge in [0.15, 0.2) is 5.65 Å². The van der Waals surface area contributed by atoms with Crippen molar-refractivity contribution in [2.75, 3.05) is 0 Å². The summed E-state index contributed by atoms with van der Waals surface area (Å²) >= 11 is 0. The van der Waals surface area contributed by atoms with Gasteiger partial charge in [0, 0.05) is 17.7 Å². The van der Waals surface area contributed by atoms with Gasteiger partial charge in [-0.25, -0.2) is 4.98 Å². The van der Waals surface area contributed by atoms with Crippen molar-refractivity contribution in [3.8, 4) is 0 Å². The van der Waals surface area contributed by atoms with Crippen molar-refractivity contribution < 1.29 is 0 Å². The summed E-state index contributed by atoms with van der Waals surface area (Å²) < 4.78 is 2.22. The molecule has 0 spiro atoms. The molecule has 1 aromatic carbocycles. The highest BCUT2D eigenvalue weighted by atomic mass is 15.3. The molecule has 0 unspecified atom stereocenters. The molecule has 0 aliphatic heterocycles. The molecule has 0 atom stereocenters. The molecule has 0 radical (unpaired) electrons. The number of benzene rings is 1. The summed E-state index contributed by atoms with van der Waals surface area (Å²) in [5, 5.41) is 10.2. The lowest BCUT2D eigenvalue weighted by atomic mass is 9.89. The minimum Gasteiger partial charge on any atom is -0.266 e. The second-order valence-corrected chi connectivity index (χ2v) is 5.95. The van der Waals surface area contributed by atoms with Crippen LogP contribution in [0.2, 0.25) is 0 Å². The smallest absolute Gasteiger partial charge is 0.171 e. The molecule has 4 nitrogen and oxygen atoms in total. The van der Waals surface area contributed by atoms with Crippen LogP contribution < -0.4 is 0 Å². The van der Waals surface area contributed by atoms with Crippen molar-refractivity contribution >= 4 is 16.6 Å². The predicted octanol–water partition coefficient (Wildman–Crippen LogP) is 3.89. The lowest BCUT2D eigenvalue weighted by Crippen LogP contribution is -2.11. The highest BCUT2D eigenvalue weighted by Crippen LogP contribution is 2.33. The molecule has 21 heavy (non-hydrogen) atoms. The fourth-order valence-electron chi connectivity index (χ4n) is 3.54. The summed E-state index contributed by atoms with van der Waals surface area (Å²) in [4.78, 5) is 4.83. The number of nitrogens with zero attached hydrogens (tertiary/aromatic N) is 4. The fraction of sp³-hybridized carbons (Fsp3) is 0.471. The molecule has 108 valence electrons. The molecule has 0 amide bonds. The van der Waals surface area contributed by atoms with Gasteiger partial charge in [-0.2, -0.15) is 0 Å². The van der Waals surface area contributed by atoms with Crippen LogP contribution >= 0.6 is 0 Å². The molecule has 3 aromatic rings. The second-order valence-electron chi connectivity index (χ2n) is 5.95. The van der Waals surface area contributed by atoms with E-state index in [0.717, 1.165) is 34.6 Å². The molecule has 0 saturated heterocycles. The quantitative estimate of drug-likeness (QED) is 0.715. The Morgan fingerprint density at radius 2 is 1.90 bits per heavy atom. The van der Waals surface area contributed by atoms with Gasteiger partial charge in [0.2, 0.25) is 0 Å². The molecule has 2 aromatic heterocycles. The third kappa shape index (κ3) is 2.01. The van der Waals surface area contributed by atoms with E-state index in [0.29, 0.717) is 5.92 Å². The zero-order valence-corrected chi connectivity index (χ0v) is 12.4. The van der Waals surface area contributed by atoms with Gasteiger partial charge in [0.25, 0.3) is 0 Å².